The van der Waals surface area contributed by atoms with Gasteiger partial charge in [-0.3, -0.25) is 4.79 Å². The van der Waals surface area contributed by atoms with Gasteiger partial charge in [0.15, 0.2) is 11.6 Å². The summed E-state index contributed by atoms with van der Waals surface area (Å²) in [5, 5.41) is 12.9. The third-order valence-corrected chi connectivity index (χ3v) is 3.47. The Morgan fingerprint density at radius 1 is 1.50 bits per heavy atom. The number of ether oxygens (including phenoxy) is 1. The van der Waals surface area contributed by atoms with E-state index in [1.54, 1.807) is 6.07 Å². The van der Waals surface area contributed by atoms with Gasteiger partial charge in [-0.05, 0) is 23.6 Å². The van der Waals surface area contributed by atoms with Crippen LogP contribution in [0.4, 0.5) is 4.39 Å². The number of nitrogens with one attached hydrogen (secondary N) is 1. The Bertz CT molecular complexity index is 516. The maximum absolute atomic E-state index is 14.1. The van der Waals surface area contributed by atoms with Gasteiger partial charge in [0.1, 0.15) is 0 Å². The lowest BCUT2D eigenvalue weighted by Crippen LogP contribution is -2.31. The molecular formula is C15H20FNO3. The van der Waals surface area contributed by atoms with Crippen molar-refractivity contribution in [1.29, 1.82) is 0 Å². The zero-order valence-corrected chi connectivity index (χ0v) is 11.9. The van der Waals surface area contributed by atoms with E-state index in [9.17, 15) is 14.3 Å². The number of amides is 1. The van der Waals surface area contributed by atoms with E-state index in [-0.39, 0.29) is 23.6 Å². The molecule has 110 valence electrons. The summed E-state index contributed by atoms with van der Waals surface area (Å²) >= 11 is 0. The van der Waals surface area contributed by atoms with E-state index >= 15 is 0 Å². The van der Waals surface area contributed by atoms with Gasteiger partial charge in [-0.2, -0.15) is 0 Å². The van der Waals surface area contributed by atoms with Crippen LogP contribution in [-0.4, -0.2) is 17.6 Å². The molecule has 2 atom stereocenters. The highest BCUT2D eigenvalue weighted by Crippen LogP contribution is 2.37. The van der Waals surface area contributed by atoms with Crippen molar-refractivity contribution in [2.24, 2.45) is 5.92 Å². The minimum Gasteiger partial charge on any atom is -0.490 e. The molecule has 0 aliphatic carbocycles. The van der Waals surface area contributed by atoms with Crippen molar-refractivity contribution < 1.29 is 19.0 Å². The molecule has 0 saturated carbocycles. The smallest absolute Gasteiger partial charge is 0.217 e. The summed E-state index contributed by atoms with van der Waals surface area (Å²) in [5.41, 5.74) is 1.11. The number of rotatable bonds is 3. The van der Waals surface area contributed by atoms with Crippen LogP contribution in [0, 0.1) is 11.7 Å². The van der Waals surface area contributed by atoms with Crippen molar-refractivity contribution in [3.8, 4) is 5.75 Å². The Morgan fingerprint density at radius 2 is 2.20 bits per heavy atom. The number of aliphatic hydroxyl groups excluding tert-OH is 1. The number of carbonyl (C=O) groups excluding carboxylic acids is 1. The van der Waals surface area contributed by atoms with Crippen LogP contribution in [0.5, 0.6) is 5.75 Å². The number of benzene rings is 1. The van der Waals surface area contributed by atoms with Crippen LogP contribution in [0.25, 0.3) is 0 Å². The molecule has 1 aromatic rings. The highest BCUT2D eigenvalue weighted by Gasteiger charge is 2.27. The fourth-order valence-corrected chi connectivity index (χ4v) is 2.43. The molecule has 2 N–H and O–H groups in total. The summed E-state index contributed by atoms with van der Waals surface area (Å²) in [4.78, 5) is 11.2. The molecule has 1 heterocycles. The predicted molar refractivity (Wildman–Crippen MR) is 72.9 cm³/mol. The fraction of sp³-hybridized carbons (Fsp3) is 0.533. The van der Waals surface area contributed by atoms with Crippen molar-refractivity contribution in [1.82, 2.24) is 5.32 Å². The SMILES string of the molecule is CC(=O)NC1CCOc2c(F)cc(C(O)C(C)C)cc21. The predicted octanol–water partition coefficient (Wildman–Crippen LogP) is 2.47. The molecule has 0 bridgehead atoms. The number of hydrogen-bond acceptors (Lipinski definition) is 3. The van der Waals surface area contributed by atoms with E-state index < -0.39 is 11.9 Å². The molecule has 1 aliphatic rings. The Hall–Kier alpha value is -1.62. The quantitative estimate of drug-likeness (QED) is 0.895. The lowest BCUT2D eigenvalue weighted by molar-refractivity contribution is -0.119. The summed E-state index contributed by atoms with van der Waals surface area (Å²) in [5.74, 6) is -0.504. The Balaban J connectivity index is 2.42. The second-order valence-corrected chi connectivity index (χ2v) is 5.50. The lowest BCUT2D eigenvalue weighted by Gasteiger charge is -2.28. The van der Waals surface area contributed by atoms with Crippen molar-refractivity contribution in [3.63, 3.8) is 0 Å². The Labute approximate surface area is 117 Å². The van der Waals surface area contributed by atoms with E-state index in [1.807, 2.05) is 13.8 Å². The van der Waals surface area contributed by atoms with Crippen LogP contribution in [0.1, 0.15) is 50.5 Å². The minimum absolute atomic E-state index is 0.0174. The van der Waals surface area contributed by atoms with Crippen LogP contribution in [0.2, 0.25) is 0 Å². The average Bonchev–Trinajstić information content (AvgIpc) is 2.38. The Kier molecular flexibility index (Phi) is 4.28. The first-order valence-corrected chi connectivity index (χ1v) is 6.81. The third kappa shape index (κ3) is 2.93. The van der Waals surface area contributed by atoms with Crippen LogP contribution in [0.3, 0.4) is 0 Å². The molecule has 20 heavy (non-hydrogen) atoms. The van der Waals surface area contributed by atoms with Gasteiger partial charge in [0.05, 0.1) is 18.8 Å². The molecule has 1 amide bonds. The van der Waals surface area contributed by atoms with Gasteiger partial charge < -0.3 is 15.2 Å². The number of hydrogen-bond donors (Lipinski definition) is 2. The van der Waals surface area contributed by atoms with E-state index in [2.05, 4.69) is 5.32 Å². The first-order chi connectivity index (χ1) is 9.40. The summed E-state index contributed by atoms with van der Waals surface area (Å²) < 4.78 is 19.5. The zero-order chi connectivity index (χ0) is 14.9. The normalized spacial score (nSPS) is 19.2. The molecule has 0 aromatic heterocycles. The number of aliphatic hydroxyl groups is 1. The average molecular weight is 281 g/mol. The first-order valence-electron chi connectivity index (χ1n) is 6.81. The molecule has 0 saturated heterocycles. The molecule has 2 rings (SSSR count). The second-order valence-electron chi connectivity index (χ2n) is 5.50. The highest BCUT2D eigenvalue weighted by molar-refractivity contribution is 5.73. The number of halogens is 1. The largest absolute Gasteiger partial charge is 0.490 e. The van der Waals surface area contributed by atoms with Crippen LogP contribution in [0.15, 0.2) is 12.1 Å². The zero-order valence-electron chi connectivity index (χ0n) is 11.9. The van der Waals surface area contributed by atoms with Crippen LogP contribution >= 0.6 is 0 Å². The molecule has 1 aliphatic heterocycles. The maximum atomic E-state index is 14.1. The molecule has 4 nitrogen and oxygen atoms in total. The van der Waals surface area contributed by atoms with Gasteiger partial charge in [-0.15, -0.1) is 0 Å². The van der Waals surface area contributed by atoms with Crippen LogP contribution in [-0.2, 0) is 4.79 Å². The monoisotopic (exact) mass is 281 g/mol. The molecule has 5 heteroatoms. The van der Waals surface area contributed by atoms with Gasteiger partial charge in [-0.1, -0.05) is 13.8 Å². The summed E-state index contributed by atoms with van der Waals surface area (Å²) in [6, 6.07) is 2.76. The maximum Gasteiger partial charge on any atom is 0.217 e. The summed E-state index contributed by atoms with van der Waals surface area (Å²) in [6.45, 7) is 5.52. The van der Waals surface area contributed by atoms with Crippen LogP contribution < -0.4 is 10.1 Å². The molecule has 2 unspecified atom stereocenters. The van der Waals surface area contributed by atoms with Gasteiger partial charge in [0, 0.05) is 18.9 Å². The molecule has 0 spiro atoms. The van der Waals surface area contributed by atoms with Gasteiger partial charge in [0.2, 0.25) is 5.91 Å². The number of carbonyl (C=O) groups is 1. The molecular weight excluding hydrogens is 261 g/mol. The fourth-order valence-electron chi connectivity index (χ4n) is 2.43. The summed E-state index contributed by atoms with van der Waals surface area (Å²) in [7, 11) is 0. The highest BCUT2D eigenvalue weighted by atomic mass is 19.1. The van der Waals surface area contributed by atoms with E-state index in [1.165, 1.54) is 13.0 Å². The standard InChI is InChI=1S/C15H20FNO3/c1-8(2)14(19)10-6-11-13(17-9(3)18)4-5-20-15(11)12(16)7-10/h6-8,13-14,19H,4-5H2,1-3H3,(H,17,18). The van der Waals surface area contributed by atoms with E-state index in [0.29, 0.717) is 24.2 Å². The number of fused-ring (bicyclic) bond motifs is 1. The van der Waals surface area contributed by atoms with E-state index in [0.717, 1.165) is 0 Å². The topological polar surface area (TPSA) is 58.6 Å². The van der Waals surface area contributed by atoms with Gasteiger partial charge in [-0.25, -0.2) is 4.39 Å². The third-order valence-electron chi connectivity index (χ3n) is 3.47. The lowest BCUT2D eigenvalue weighted by atomic mass is 9.92. The van der Waals surface area contributed by atoms with Crippen molar-refractivity contribution in [2.75, 3.05) is 6.61 Å². The molecule has 0 radical (unpaired) electrons. The van der Waals surface area contributed by atoms with E-state index in [4.69, 9.17) is 4.74 Å². The first kappa shape index (κ1) is 14.8. The summed E-state index contributed by atoms with van der Waals surface area (Å²) in [6.07, 6.45) is -0.150. The molecule has 1 aromatic carbocycles. The minimum atomic E-state index is -0.741. The Morgan fingerprint density at radius 3 is 2.80 bits per heavy atom. The van der Waals surface area contributed by atoms with Crippen molar-refractivity contribution in [3.05, 3.63) is 29.1 Å². The van der Waals surface area contributed by atoms with Crippen molar-refractivity contribution >= 4 is 5.91 Å². The van der Waals surface area contributed by atoms with Gasteiger partial charge >= 0.3 is 0 Å². The van der Waals surface area contributed by atoms with Gasteiger partial charge in [0.25, 0.3) is 0 Å². The second kappa shape index (κ2) is 5.79. The van der Waals surface area contributed by atoms with Crippen molar-refractivity contribution in [2.45, 2.75) is 39.3 Å². The molecule has 0 fully saturated rings.